The average molecular weight is 269 g/mol. The van der Waals surface area contributed by atoms with Crippen molar-refractivity contribution in [1.82, 2.24) is 5.32 Å². The number of nitrogens with one attached hydrogen (secondary N) is 1. The van der Waals surface area contributed by atoms with Crippen molar-refractivity contribution in [3.05, 3.63) is 30.3 Å². The van der Waals surface area contributed by atoms with E-state index in [0.717, 1.165) is 25.3 Å². The number of para-hydroxylation sites is 1. The second-order valence-corrected chi connectivity index (χ2v) is 4.63. The van der Waals surface area contributed by atoms with Crippen LogP contribution in [0.4, 0.5) is 5.69 Å². The van der Waals surface area contributed by atoms with Crippen molar-refractivity contribution >= 4 is 24.0 Å². The first-order chi connectivity index (χ1) is 8.24. The Bertz CT molecular complexity index is 379. The standard InChI is InChI=1S/C14H20N2O.ClH/c1-3-16(13-7-5-4-6-8-13)14(17)11(2)12-9-15-10-12;/h4-8,11-12,15H,3,9-10H2,1-2H3;1H. The fourth-order valence-corrected chi connectivity index (χ4v) is 2.19. The maximum atomic E-state index is 12.4. The number of hydrogen-bond acceptors (Lipinski definition) is 2. The van der Waals surface area contributed by atoms with Crippen molar-refractivity contribution in [3.8, 4) is 0 Å². The largest absolute Gasteiger partial charge is 0.316 e. The van der Waals surface area contributed by atoms with E-state index in [1.54, 1.807) is 0 Å². The van der Waals surface area contributed by atoms with Crippen LogP contribution in [0.25, 0.3) is 0 Å². The average Bonchev–Trinajstić information content (AvgIpc) is 2.29. The summed E-state index contributed by atoms with van der Waals surface area (Å²) < 4.78 is 0. The molecule has 1 N–H and O–H groups in total. The molecule has 0 aliphatic carbocycles. The molecule has 1 aromatic carbocycles. The summed E-state index contributed by atoms with van der Waals surface area (Å²) in [5.41, 5.74) is 0.999. The molecule has 0 bridgehead atoms. The van der Waals surface area contributed by atoms with Crippen LogP contribution in [0.5, 0.6) is 0 Å². The molecule has 1 aromatic rings. The molecule has 1 aliphatic rings. The lowest BCUT2D eigenvalue weighted by Gasteiger charge is -2.34. The molecule has 1 fully saturated rings. The van der Waals surface area contributed by atoms with Crippen molar-refractivity contribution in [2.24, 2.45) is 11.8 Å². The molecule has 1 unspecified atom stereocenters. The van der Waals surface area contributed by atoms with Crippen LogP contribution in [0.1, 0.15) is 13.8 Å². The summed E-state index contributed by atoms with van der Waals surface area (Å²) in [6.07, 6.45) is 0. The molecule has 1 saturated heterocycles. The van der Waals surface area contributed by atoms with Gasteiger partial charge in [-0.2, -0.15) is 0 Å². The molecule has 2 rings (SSSR count). The van der Waals surface area contributed by atoms with Gasteiger partial charge in [-0.25, -0.2) is 0 Å². The molecule has 4 heteroatoms. The van der Waals surface area contributed by atoms with E-state index < -0.39 is 0 Å². The van der Waals surface area contributed by atoms with Crippen molar-refractivity contribution in [1.29, 1.82) is 0 Å². The number of anilines is 1. The van der Waals surface area contributed by atoms with Crippen molar-refractivity contribution in [2.45, 2.75) is 13.8 Å². The van der Waals surface area contributed by atoms with Gasteiger partial charge in [-0.15, -0.1) is 12.4 Å². The Kier molecular flexibility index (Phi) is 5.63. The number of carbonyl (C=O) groups excluding carboxylic acids is 1. The van der Waals surface area contributed by atoms with Gasteiger partial charge in [0.05, 0.1) is 0 Å². The zero-order valence-corrected chi connectivity index (χ0v) is 11.7. The van der Waals surface area contributed by atoms with Gasteiger partial charge in [0.2, 0.25) is 5.91 Å². The number of hydrogen-bond donors (Lipinski definition) is 1. The normalized spacial score (nSPS) is 16.3. The van der Waals surface area contributed by atoms with E-state index in [4.69, 9.17) is 0 Å². The molecule has 0 radical (unpaired) electrons. The van der Waals surface area contributed by atoms with Gasteiger partial charge in [-0.3, -0.25) is 4.79 Å². The maximum Gasteiger partial charge on any atom is 0.230 e. The predicted octanol–water partition coefficient (Wildman–Crippen LogP) is 2.32. The Balaban J connectivity index is 0.00000162. The van der Waals surface area contributed by atoms with Crippen LogP contribution in [-0.2, 0) is 4.79 Å². The van der Waals surface area contributed by atoms with Gasteiger partial charge in [-0.1, -0.05) is 25.1 Å². The number of nitrogens with zero attached hydrogens (tertiary/aromatic N) is 1. The summed E-state index contributed by atoms with van der Waals surface area (Å²) in [6, 6.07) is 9.91. The molecule has 18 heavy (non-hydrogen) atoms. The lowest BCUT2D eigenvalue weighted by molar-refractivity contribution is -0.124. The van der Waals surface area contributed by atoms with Crippen LogP contribution in [0.2, 0.25) is 0 Å². The smallest absolute Gasteiger partial charge is 0.230 e. The zero-order valence-electron chi connectivity index (χ0n) is 10.9. The minimum absolute atomic E-state index is 0. The minimum atomic E-state index is 0. The van der Waals surface area contributed by atoms with Crippen LogP contribution in [0.15, 0.2) is 30.3 Å². The van der Waals surface area contributed by atoms with E-state index >= 15 is 0 Å². The molecule has 1 aliphatic heterocycles. The third-order valence-corrected chi connectivity index (χ3v) is 3.56. The number of amides is 1. The SMILES string of the molecule is CCN(C(=O)C(C)C1CNC1)c1ccccc1.Cl. The third kappa shape index (κ3) is 3.03. The number of halogens is 1. The molecule has 1 atom stereocenters. The van der Waals surface area contributed by atoms with Crippen LogP contribution in [0.3, 0.4) is 0 Å². The Morgan fingerprint density at radius 1 is 1.39 bits per heavy atom. The van der Waals surface area contributed by atoms with E-state index in [2.05, 4.69) is 5.32 Å². The monoisotopic (exact) mass is 268 g/mol. The van der Waals surface area contributed by atoms with E-state index in [9.17, 15) is 4.79 Å². The molecular formula is C14H21ClN2O. The highest BCUT2D eigenvalue weighted by molar-refractivity contribution is 5.95. The van der Waals surface area contributed by atoms with Gasteiger partial charge in [0, 0.05) is 18.2 Å². The molecule has 0 aromatic heterocycles. The number of benzene rings is 1. The summed E-state index contributed by atoms with van der Waals surface area (Å²) in [7, 11) is 0. The summed E-state index contributed by atoms with van der Waals surface area (Å²) in [4.78, 5) is 14.3. The van der Waals surface area contributed by atoms with Gasteiger partial charge in [0.1, 0.15) is 0 Å². The summed E-state index contributed by atoms with van der Waals surface area (Å²) in [5, 5.41) is 3.22. The van der Waals surface area contributed by atoms with Crippen LogP contribution in [0, 0.1) is 11.8 Å². The third-order valence-electron chi connectivity index (χ3n) is 3.56. The predicted molar refractivity (Wildman–Crippen MR) is 77.2 cm³/mol. The molecule has 1 amide bonds. The number of rotatable bonds is 4. The highest BCUT2D eigenvalue weighted by Crippen LogP contribution is 2.22. The Morgan fingerprint density at radius 3 is 2.44 bits per heavy atom. The minimum Gasteiger partial charge on any atom is -0.316 e. The van der Waals surface area contributed by atoms with Crippen molar-refractivity contribution < 1.29 is 4.79 Å². The summed E-state index contributed by atoms with van der Waals surface area (Å²) in [6.45, 7) is 6.74. The maximum absolute atomic E-state index is 12.4. The Morgan fingerprint density at radius 2 is 2.00 bits per heavy atom. The summed E-state index contributed by atoms with van der Waals surface area (Å²) in [5.74, 6) is 0.849. The fraction of sp³-hybridized carbons (Fsp3) is 0.500. The van der Waals surface area contributed by atoms with Crippen LogP contribution < -0.4 is 10.2 Å². The highest BCUT2D eigenvalue weighted by atomic mass is 35.5. The van der Waals surface area contributed by atoms with Crippen LogP contribution >= 0.6 is 12.4 Å². The fourth-order valence-electron chi connectivity index (χ4n) is 2.19. The van der Waals surface area contributed by atoms with Gasteiger partial charge >= 0.3 is 0 Å². The van der Waals surface area contributed by atoms with E-state index in [-0.39, 0.29) is 24.2 Å². The zero-order chi connectivity index (χ0) is 12.3. The molecule has 3 nitrogen and oxygen atoms in total. The van der Waals surface area contributed by atoms with Gasteiger partial charge in [0.15, 0.2) is 0 Å². The van der Waals surface area contributed by atoms with Gasteiger partial charge in [-0.05, 0) is 38.1 Å². The lowest BCUT2D eigenvalue weighted by atomic mass is 9.88. The van der Waals surface area contributed by atoms with Gasteiger partial charge in [0.25, 0.3) is 0 Å². The van der Waals surface area contributed by atoms with Crippen molar-refractivity contribution in [3.63, 3.8) is 0 Å². The summed E-state index contributed by atoms with van der Waals surface area (Å²) >= 11 is 0. The lowest BCUT2D eigenvalue weighted by Crippen LogP contribution is -2.50. The Hall–Kier alpha value is -1.06. The molecule has 0 saturated carbocycles. The van der Waals surface area contributed by atoms with E-state index in [1.165, 1.54) is 0 Å². The quantitative estimate of drug-likeness (QED) is 0.909. The Labute approximate surface area is 115 Å². The topological polar surface area (TPSA) is 32.3 Å². The molecular weight excluding hydrogens is 248 g/mol. The van der Waals surface area contributed by atoms with E-state index in [0.29, 0.717) is 5.92 Å². The molecule has 1 heterocycles. The first-order valence-corrected chi connectivity index (χ1v) is 6.31. The first kappa shape index (κ1) is 15.0. The van der Waals surface area contributed by atoms with Crippen LogP contribution in [-0.4, -0.2) is 25.5 Å². The van der Waals surface area contributed by atoms with E-state index in [1.807, 2.05) is 49.1 Å². The second kappa shape index (κ2) is 6.76. The van der Waals surface area contributed by atoms with Gasteiger partial charge < -0.3 is 10.2 Å². The molecule has 0 spiro atoms. The highest BCUT2D eigenvalue weighted by Gasteiger charge is 2.31. The second-order valence-electron chi connectivity index (χ2n) is 4.63. The first-order valence-electron chi connectivity index (χ1n) is 6.31. The number of carbonyl (C=O) groups is 1. The van der Waals surface area contributed by atoms with Crippen molar-refractivity contribution in [2.75, 3.05) is 24.5 Å². The molecule has 100 valence electrons.